The van der Waals surface area contributed by atoms with Crippen LogP contribution in [0.5, 0.6) is 0 Å². The van der Waals surface area contributed by atoms with E-state index in [9.17, 15) is 4.79 Å². The lowest BCUT2D eigenvalue weighted by atomic mass is 9.83. The highest BCUT2D eigenvalue weighted by Crippen LogP contribution is 2.30. The molecule has 1 aliphatic carbocycles. The van der Waals surface area contributed by atoms with Crippen LogP contribution < -0.4 is 5.32 Å². The minimum absolute atomic E-state index is 0.0128. The minimum Gasteiger partial charge on any atom is -0.346 e. The van der Waals surface area contributed by atoms with E-state index < -0.39 is 0 Å². The predicted molar refractivity (Wildman–Crippen MR) is 83.2 cm³/mol. The van der Waals surface area contributed by atoms with Gasteiger partial charge in [0.15, 0.2) is 0 Å². The number of alkyl halides is 1. The number of amides is 1. The van der Waals surface area contributed by atoms with Gasteiger partial charge in [-0.25, -0.2) is 0 Å². The van der Waals surface area contributed by atoms with E-state index in [1.54, 1.807) is 0 Å². The molecule has 4 nitrogen and oxygen atoms in total. The number of nitrogens with one attached hydrogen (secondary N) is 1. The lowest BCUT2D eigenvalue weighted by Gasteiger charge is -2.36. The summed E-state index contributed by atoms with van der Waals surface area (Å²) < 4.78 is 0. The first kappa shape index (κ1) is 15.4. The van der Waals surface area contributed by atoms with E-state index in [1.165, 1.54) is 19.3 Å². The Hall–Kier alpha value is -0.970. The van der Waals surface area contributed by atoms with Gasteiger partial charge < -0.3 is 5.32 Å². The summed E-state index contributed by atoms with van der Waals surface area (Å²) in [5, 5.41) is 12.2. The maximum atomic E-state index is 12.6. The van der Waals surface area contributed by atoms with Gasteiger partial charge in [-0.15, -0.1) is 0 Å². The van der Waals surface area contributed by atoms with Crippen LogP contribution in [-0.2, 0) is 6.42 Å². The summed E-state index contributed by atoms with van der Waals surface area (Å²) in [5.74, 6) is -0.0128. The van der Waals surface area contributed by atoms with Crippen molar-refractivity contribution in [3.63, 3.8) is 0 Å². The van der Waals surface area contributed by atoms with E-state index in [4.69, 9.17) is 0 Å². The van der Waals surface area contributed by atoms with Gasteiger partial charge in [0.05, 0.1) is 22.5 Å². The summed E-state index contributed by atoms with van der Waals surface area (Å²) in [6.07, 6.45) is 6.43. The zero-order valence-corrected chi connectivity index (χ0v) is 13.8. The largest absolute Gasteiger partial charge is 0.346 e. The molecule has 1 heterocycles. The Morgan fingerprint density at radius 3 is 2.65 bits per heavy atom. The van der Waals surface area contributed by atoms with Crippen LogP contribution in [0.25, 0.3) is 0 Å². The van der Waals surface area contributed by atoms with Gasteiger partial charge in [0.2, 0.25) is 0 Å². The normalized spacial score (nSPS) is 17.8. The molecule has 1 fully saturated rings. The molecular weight excluding hydrogens is 318 g/mol. The molecule has 0 aliphatic heterocycles. The van der Waals surface area contributed by atoms with Crippen LogP contribution in [0.3, 0.4) is 0 Å². The molecule has 1 aliphatic rings. The van der Waals surface area contributed by atoms with Crippen LogP contribution in [0, 0.1) is 6.92 Å². The quantitative estimate of drug-likeness (QED) is 0.857. The summed E-state index contributed by atoms with van der Waals surface area (Å²) in [6, 6.07) is 1.84. The summed E-state index contributed by atoms with van der Waals surface area (Å²) in [6.45, 7) is 3.86. The number of carbonyl (C=O) groups is 1. The molecule has 110 valence electrons. The van der Waals surface area contributed by atoms with Crippen molar-refractivity contribution in [2.45, 2.75) is 57.9 Å². The number of hydrogen-bond donors (Lipinski definition) is 1. The summed E-state index contributed by atoms with van der Waals surface area (Å²) >= 11 is 3.58. The highest BCUT2D eigenvalue weighted by Gasteiger charge is 2.33. The van der Waals surface area contributed by atoms with Gasteiger partial charge in [-0.1, -0.05) is 42.1 Å². The van der Waals surface area contributed by atoms with E-state index in [0.717, 1.165) is 36.0 Å². The van der Waals surface area contributed by atoms with E-state index in [-0.39, 0.29) is 11.4 Å². The minimum atomic E-state index is -0.0997. The molecule has 2 rings (SSSR count). The second-order valence-corrected chi connectivity index (χ2v) is 6.19. The van der Waals surface area contributed by atoms with Crippen molar-refractivity contribution in [3.05, 3.63) is 23.0 Å². The molecule has 1 amide bonds. The Morgan fingerprint density at radius 2 is 2.05 bits per heavy atom. The molecule has 1 N–H and O–H groups in total. The molecule has 1 saturated carbocycles. The Labute approximate surface area is 128 Å². The van der Waals surface area contributed by atoms with E-state index in [1.807, 2.05) is 19.9 Å². The molecular formula is C15H22BrN3O. The van der Waals surface area contributed by atoms with Crippen LogP contribution in [0.2, 0.25) is 0 Å². The number of hydrogen-bond acceptors (Lipinski definition) is 3. The fraction of sp³-hybridized carbons (Fsp3) is 0.667. The molecule has 0 atom stereocenters. The van der Waals surface area contributed by atoms with Crippen molar-refractivity contribution in [2.24, 2.45) is 0 Å². The van der Waals surface area contributed by atoms with Gasteiger partial charge in [0, 0.05) is 5.33 Å². The number of aromatic nitrogens is 2. The number of carbonyl (C=O) groups excluding carboxylic acids is 1. The van der Waals surface area contributed by atoms with Crippen molar-refractivity contribution in [3.8, 4) is 0 Å². The van der Waals surface area contributed by atoms with Crippen molar-refractivity contribution in [2.75, 3.05) is 5.33 Å². The molecule has 5 heteroatoms. The molecule has 0 aromatic carbocycles. The topological polar surface area (TPSA) is 54.9 Å². The molecule has 0 spiro atoms. The summed E-state index contributed by atoms with van der Waals surface area (Å²) in [4.78, 5) is 12.6. The van der Waals surface area contributed by atoms with Crippen molar-refractivity contribution in [1.82, 2.24) is 15.5 Å². The Kier molecular flexibility index (Phi) is 5.13. The molecule has 20 heavy (non-hydrogen) atoms. The summed E-state index contributed by atoms with van der Waals surface area (Å²) in [7, 11) is 0. The van der Waals surface area contributed by atoms with Gasteiger partial charge >= 0.3 is 0 Å². The van der Waals surface area contributed by atoms with Gasteiger partial charge in [-0.05, 0) is 32.3 Å². The Balaban J connectivity index is 2.20. The second-order valence-electron chi connectivity index (χ2n) is 5.63. The highest BCUT2D eigenvalue weighted by atomic mass is 79.9. The first-order valence-corrected chi connectivity index (χ1v) is 8.44. The van der Waals surface area contributed by atoms with Crippen molar-refractivity contribution in [1.29, 1.82) is 0 Å². The number of halogens is 1. The third kappa shape index (κ3) is 3.37. The molecule has 0 unspecified atom stereocenters. The fourth-order valence-electron chi connectivity index (χ4n) is 2.80. The van der Waals surface area contributed by atoms with Gasteiger partial charge in [-0.3, -0.25) is 4.79 Å². The second kappa shape index (κ2) is 6.66. The average Bonchev–Trinajstić information content (AvgIpc) is 2.48. The first-order chi connectivity index (χ1) is 9.60. The predicted octanol–water partition coefficient (Wildman–Crippen LogP) is 3.18. The number of rotatable bonds is 4. The zero-order chi connectivity index (χ0) is 14.6. The molecule has 0 radical (unpaired) electrons. The maximum Gasteiger partial charge on any atom is 0.253 e. The Morgan fingerprint density at radius 1 is 1.35 bits per heavy atom. The molecule has 0 bridgehead atoms. The number of nitrogens with zero attached hydrogens (tertiary/aromatic N) is 2. The maximum absolute atomic E-state index is 12.6. The lowest BCUT2D eigenvalue weighted by Crippen LogP contribution is -2.51. The van der Waals surface area contributed by atoms with E-state index in [2.05, 4.69) is 31.4 Å². The third-order valence-corrected chi connectivity index (χ3v) is 5.09. The zero-order valence-electron chi connectivity index (χ0n) is 12.2. The van der Waals surface area contributed by atoms with Crippen LogP contribution in [0.1, 0.15) is 60.8 Å². The van der Waals surface area contributed by atoms with Gasteiger partial charge in [0.25, 0.3) is 5.91 Å². The first-order valence-electron chi connectivity index (χ1n) is 7.32. The molecule has 1 aromatic heterocycles. The smallest absolute Gasteiger partial charge is 0.253 e. The third-order valence-electron chi connectivity index (χ3n) is 4.02. The average molecular weight is 340 g/mol. The molecule has 1 aromatic rings. The van der Waals surface area contributed by atoms with E-state index in [0.29, 0.717) is 5.56 Å². The van der Waals surface area contributed by atoms with Crippen LogP contribution in [0.15, 0.2) is 6.07 Å². The molecule has 0 saturated heterocycles. The highest BCUT2D eigenvalue weighted by molar-refractivity contribution is 9.09. The number of aryl methyl sites for hydroxylation is 2. The van der Waals surface area contributed by atoms with Gasteiger partial charge in [-0.2, -0.15) is 10.2 Å². The van der Waals surface area contributed by atoms with E-state index >= 15 is 0 Å². The van der Waals surface area contributed by atoms with Crippen LogP contribution in [0.4, 0.5) is 0 Å². The van der Waals surface area contributed by atoms with Crippen molar-refractivity contribution >= 4 is 21.8 Å². The summed E-state index contributed by atoms with van der Waals surface area (Å²) in [5.41, 5.74) is 2.13. The van der Waals surface area contributed by atoms with Crippen molar-refractivity contribution < 1.29 is 4.79 Å². The fourth-order valence-corrected chi connectivity index (χ4v) is 3.50. The van der Waals surface area contributed by atoms with Crippen LogP contribution >= 0.6 is 15.9 Å². The SMILES string of the molecule is CCc1nnc(C)cc1C(=O)NC1(CBr)CCCCC1. The standard InChI is InChI=1S/C15H22BrN3O/c1-3-13-12(9-11(2)18-19-13)14(20)17-15(10-16)7-5-4-6-8-15/h9H,3-8,10H2,1-2H3,(H,17,20). The monoisotopic (exact) mass is 339 g/mol. The van der Waals surface area contributed by atoms with Crippen LogP contribution in [-0.4, -0.2) is 27.0 Å². The Bertz CT molecular complexity index is 484. The van der Waals surface area contributed by atoms with Gasteiger partial charge in [0.1, 0.15) is 0 Å². The lowest BCUT2D eigenvalue weighted by molar-refractivity contribution is 0.0884.